The monoisotopic (exact) mass is 299 g/mol. The first-order valence-electron chi connectivity index (χ1n) is 6.23. The van der Waals surface area contributed by atoms with Crippen LogP contribution in [0.1, 0.15) is 26.2 Å². The Balaban J connectivity index is 2.55. The highest BCUT2D eigenvalue weighted by molar-refractivity contribution is 6.30. The minimum atomic E-state index is -1.13. The van der Waals surface area contributed by atoms with Crippen molar-refractivity contribution in [3.63, 3.8) is 0 Å². The van der Waals surface area contributed by atoms with Crippen molar-refractivity contribution in [2.75, 3.05) is 11.4 Å². The van der Waals surface area contributed by atoms with Gasteiger partial charge in [-0.15, -0.1) is 0 Å². The number of carbonyl (C=O) groups is 1. The molecule has 1 N–H and O–H groups in total. The van der Waals surface area contributed by atoms with Crippen LogP contribution in [0.25, 0.3) is 0 Å². The van der Waals surface area contributed by atoms with Gasteiger partial charge in [-0.1, -0.05) is 18.5 Å². The Morgan fingerprint density at radius 3 is 2.95 bits per heavy atom. The highest BCUT2D eigenvalue weighted by atomic mass is 35.5. The van der Waals surface area contributed by atoms with Crippen LogP contribution >= 0.6 is 11.6 Å². The van der Waals surface area contributed by atoms with Crippen molar-refractivity contribution in [3.8, 4) is 0 Å². The summed E-state index contributed by atoms with van der Waals surface area (Å²) in [5, 5.41) is 20.8. The lowest BCUT2D eigenvalue weighted by Gasteiger charge is -2.34. The molecule has 1 saturated heterocycles. The summed E-state index contributed by atoms with van der Waals surface area (Å²) in [4.78, 5) is 27.7. The van der Waals surface area contributed by atoms with Gasteiger partial charge in [0.2, 0.25) is 5.82 Å². The highest BCUT2D eigenvalue weighted by Crippen LogP contribution is 2.40. The van der Waals surface area contributed by atoms with Crippen LogP contribution in [0.15, 0.2) is 12.3 Å². The zero-order chi connectivity index (χ0) is 14.9. The van der Waals surface area contributed by atoms with Gasteiger partial charge in [0.25, 0.3) is 0 Å². The van der Waals surface area contributed by atoms with Gasteiger partial charge in [0, 0.05) is 18.8 Å². The predicted molar refractivity (Wildman–Crippen MR) is 73.1 cm³/mol. The second-order valence-corrected chi connectivity index (χ2v) is 5.14. The van der Waals surface area contributed by atoms with Crippen molar-refractivity contribution >= 4 is 29.1 Å². The summed E-state index contributed by atoms with van der Waals surface area (Å²) in [5.74, 6) is -0.912. The molecule has 1 aliphatic rings. The number of rotatable bonds is 4. The summed E-state index contributed by atoms with van der Waals surface area (Å²) in [6, 6.07) is 1.20. The van der Waals surface area contributed by atoms with E-state index in [9.17, 15) is 20.0 Å². The fraction of sp³-hybridized carbons (Fsp3) is 0.500. The van der Waals surface area contributed by atoms with Gasteiger partial charge < -0.3 is 10.0 Å². The molecule has 1 aromatic rings. The van der Waals surface area contributed by atoms with E-state index in [0.29, 0.717) is 25.8 Å². The zero-order valence-electron chi connectivity index (χ0n) is 10.9. The maximum atomic E-state index is 11.6. The molecule has 0 amide bonds. The number of anilines is 1. The fourth-order valence-corrected chi connectivity index (χ4v) is 2.84. The molecule has 0 spiro atoms. The molecule has 7 nitrogen and oxygen atoms in total. The van der Waals surface area contributed by atoms with Crippen LogP contribution in [0.4, 0.5) is 11.5 Å². The average molecular weight is 300 g/mol. The van der Waals surface area contributed by atoms with Crippen molar-refractivity contribution in [2.45, 2.75) is 31.7 Å². The molecule has 2 heterocycles. The van der Waals surface area contributed by atoms with Crippen LogP contribution < -0.4 is 4.90 Å². The average Bonchev–Trinajstić information content (AvgIpc) is 2.83. The molecule has 8 heteroatoms. The topological polar surface area (TPSA) is 96.6 Å². The molecule has 108 valence electrons. The van der Waals surface area contributed by atoms with E-state index in [1.807, 2.05) is 0 Å². The van der Waals surface area contributed by atoms with Crippen LogP contribution in [-0.4, -0.2) is 33.1 Å². The third-order valence-electron chi connectivity index (χ3n) is 3.74. The lowest BCUT2D eigenvalue weighted by Crippen LogP contribution is -2.50. The first kappa shape index (κ1) is 14.5. The van der Waals surface area contributed by atoms with Crippen LogP contribution in [0.5, 0.6) is 0 Å². The van der Waals surface area contributed by atoms with Crippen LogP contribution in [0, 0.1) is 10.1 Å². The van der Waals surface area contributed by atoms with E-state index in [0.717, 1.165) is 0 Å². The molecule has 1 fully saturated rings. The zero-order valence-corrected chi connectivity index (χ0v) is 11.6. The molecule has 0 saturated carbocycles. The van der Waals surface area contributed by atoms with Gasteiger partial charge in [0.05, 0.1) is 9.95 Å². The number of carboxylic acids is 1. The number of aliphatic carboxylic acids is 1. The molecule has 1 unspecified atom stereocenters. The van der Waals surface area contributed by atoms with Crippen molar-refractivity contribution in [3.05, 3.63) is 27.4 Å². The molecule has 20 heavy (non-hydrogen) atoms. The maximum absolute atomic E-state index is 11.6. The Kier molecular flexibility index (Phi) is 3.80. The Bertz CT molecular complexity index is 566. The minimum Gasteiger partial charge on any atom is -0.479 e. The highest BCUT2D eigenvalue weighted by Gasteiger charge is 2.48. The number of hydrogen-bond donors (Lipinski definition) is 1. The SMILES string of the molecule is CCC1(C(=O)O)CCCN1c1ncc(Cl)cc1[N+](=O)[O-]. The normalized spacial score (nSPS) is 22.0. The van der Waals surface area contributed by atoms with Gasteiger partial charge in [-0.2, -0.15) is 0 Å². The number of carboxylic acid groups (broad SMARTS) is 1. The largest absolute Gasteiger partial charge is 0.479 e. The first-order chi connectivity index (χ1) is 9.42. The molecule has 0 aliphatic carbocycles. The van der Waals surface area contributed by atoms with E-state index in [-0.39, 0.29) is 16.5 Å². The second-order valence-electron chi connectivity index (χ2n) is 4.70. The first-order valence-corrected chi connectivity index (χ1v) is 6.61. The summed E-state index contributed by atoms with van der Waals surface area (Å²) < 4.78 is 0. The van der Waals surface area contributed by atoms with Crippen LogP contribution in [0.2, 0.25) is 5.02 Å². The van der Waals surface area contributed by atoms with Crippen molar-refractivity contribution < 1.29 is 14.8 Å². The summed E-state index contributed by atoms with van der Waals surface area (Å²) in [6.45, 7) is 2.18. The van der Waals surface area contributed by atoms with Gasteiger partial charge in [0.15, 0.2) is 0 Å². The van der Waals surface area contributed by atoms with Crippen LogP contribution in [-0.2, 0) is 4.79 Å². The molecular formula is C12H14ClN3O4. The van der Waals surface area contributed by atoms with E-state index in [2.05, 4.69) is 4.98 Å². The van der Waals surface area contributed by atoms with Gasteiger partial charge in [-0.25, -0.2) is 9.78 Å². The van der Waals surface area contributed by atoms with Gasteiger partial charge in [0.1, 0.15) is 5.54 Å². The van der Waals surface area contributed by atoms with Gasteiger partial charge >= 0.3 is 11.7 Å². The number of pyridine rings is 1. The Morgan fingerprint density at radius 1 is 1.70 bits per heavy atom. The smallest absolute Gasteiger partial charge is 0.329 e. The quantitative estimate of drug-likeness (QED) is 0.677. The summed E-state index contributed by atoms with van der Waals surface area (Å²) >= 11 is 5.73. The number of nitro groups is 1. The van der Waals surface area contributed by atoms with Crippen molar-refractivity contribution in [1.82, 2.24) is 4.98 Å². The molecular weight excluding hydrogens is 286 g/mol. The number of nitrogens with zero attached hydrogens (tertiary/aromatic N) is 3. The lowest BCUT2D eigenvalue weighted by molar-refractivity contribution is -0.384. The third-order valence-corrected chi connectivity index (χ3v) is 3.94. The number of aromatic nitrogens is 1. The predicted octanol–water partition coefficient (Wildman–Crippen LogP) is 2.48. The molecule has 1 aliphatic heterocycles. The van der Waals surface area contributed by atoms with Crippen LogP contribution in [0.3, 0.4) is 0 Å². The fourth-order valence-electron chi connectivity index (χ4n) is 2.69. The second kappa shape index (κ2) is 5.24. The maximum Gasteiger partial charge on any atom is 0.329 e. The van der Waals surface area contributed by atoms with Crippen molar-refractivity contribution in [1.29, 1.82) is 0 Å². The summed E-state index contributed by atoms with van der Waals surface area (Å²) in [7, 11) is 0. The molecule has 0 radical (unpaired) electrons. The van der Waals surface area contributed by atoms with Crippen molar-refractivity contribution in [2.24, 2.45) is 0 Å². The molecule has 1 atom stereocenters. The minimum absolute atomic E-state index is 0.0705. The number of hydrogen-bond acceptors (Lipinski definition) is 5. The van der Waals surface area contributed by atoms with E-state index in [1.165, 1.54) is 17.2 Å². The summed E-state index contributed by atoms with van der Waals surface area (Å²) in [6.07, 6.45) is 2.75. The van der Waals surface area contributed by atoms with E-state index >= 15 is 0 Å². The third kappa shape index (κ3) is 2.18. The van der Waals surface area contributed by atoms with E-state index < -0.39 is 16.4 Å². The van der Waals surface area contributed by atoms with E-state index in [1.54, 1.807) is 6.92 Å². The molecule has 0 aromatic carbocycles. The Hall–Kier alpha value is -1.89. The number of halogens is 1. The standard InChI is InChI=1S/C12H14ClN3O4/c1-2-12(11(17)18)4-3-5-15(12)10-9(16(19)20)6-8(13)7-14-10/h6-7H,2-5H2,1H3,(H,17,18). The Labute approximate surface area is 120 Å². The molecule has 1 aromatic heterocycles. The van der Waals surface area contributed by atoms with Gasteiger partial charge in [-0.3, -0.25) is 10.1 Å². The Morgan fingerprint density at radius 2 is 2.40 bits per heavy atom. The molecule has 2 rings (SSSR count). The lowest BCUT2D eigenvalue weighted by atomic mass is 9.93. The molecule has 0 bridgehead atoms. The summed E-state index contributed by atoms with van der Waals surface area (Å²) in [5.41, 5.74) is -1.40. The van der Waals surface area contributed by atoms with E-state index in [4.69, 9.17) is 11.6 Å². The van der Waals surface area contributed by atoms with Gasteiger partial charge in [-0.05, 0) is 19.3 Å².